The summed E-state index contributed by atoms with van der Waals surface area (Å²) in [6.45, 7) is 5.41. The van der Waals surface area contributed by atoms with Crippen molar-refractivity contribution in [3.05, 3.63) is 0 Å². The average molecular weight is 280 g/mol. The van der Waals surface area contributed by atoms with Crippen molar-refractivity contribution in [2.75, 3.05) is 6.54 Å². The molecule has 1 amide bonds. The molecule has 2 atom stereocenters. The molecule has 2 fully saturated rings. The van der Waals surface area contributed by atoms with Crippen LogP contribution in [0.3, 0.4) is 0 Å². The van der Waals surface area contributed by atoms with Crippen molar-refractivity contribution in [3.8, 4) is 0 Å². The fourth-order valence-corrected chi connectivity index (χ4v) is 3.74. The van der Waals surface area contributed by atoms with E-state index in [4.69, 9.17) is 0 Å². The molecule has 1 saturated heterocycles. The summed E-state index contributed by atoms with van der Waals surface area (Å²) >= 11 is 0. The van der Waals surface area contributed by atoms with Crippen LogP contribution in [0.5, 0.6) is 0 Å². The number of hydrogen-bond acceptors (Lipinski definition) is 2. The molecule has 0 aromatic carbocycles. The zero-order chi connectivity index (χ0) is 14.4. The van der Waals surface area contributed by atoms with Crippen molar-refractivity contribution in [2.24, 2.45) is 5.92 Å². The molecule has 1 aliphatic carbocycles. The van der Waals surface area contributed by atoms with Gasteiger partial charge in [-0.1, -0.05) is 52.4 Å². The highest BCUT2D eigenvalue weighted by Crippen LogP contribution is 2.27. The number of amides is 1. The van der Waals surface area contributed by atoms with Crippen LogP contribution in [-0.4, -0.2) is 29.6 Å². The summed E-state index contributed by atoms with van der Waals surface area (Å²) in [4.78, 5) is 14.8. The number of carbonyl (C=O) groups is 1. The molecule has 20 heavy (non-hydrogen) atoms. The Balaban J connectivity index is 1.93. The van der Waals surface area contributed by atoms with Crippen LogP contribution in [0.15, 0.2) is 0 Å². The third-order valence-electron chi connectivity index (χ3n) is 4.94. The smallest absolute Gasteiger partial charge is 0.241 e. The highest BCUT2D eigenvalue weighted by Gasteiger charge is 2.38. The van der Waals surface area contributed by atoms with E-state index in [-0.39, 0.29) is 6.04 Å². The van der Waals surface area contributed by atoms with Gasteiger partial charge in [0.15, 0.2) is 0 Å². The lowest BCUT2D eigenvalue weighted by molar-refractivity contribution is -0.131. The first-order chi connectivity index (χ1) is 9.76. The van der Waals surface area contributed by atoms with Gasteiger partial charge in [-0.05, 0) is 31.6 Å². The molecule has 1 N–H and O–H groups in total. The Kier molecular flexibility index (Phi) is 6.34. The highest BCUT2D eigenvalue weighted by atomic mass is 16.2. The fraction of sp³-hybridized carbons (Fsp3) is 0.941. The second-order valence-corrected chi connectivity index (χ2v) is 6.66. The topological polar surface area (TPSA) is 32.3 Å². The number of carbonyl (C=O) groups excluding carboxylic acids is 1. The molecule has 0 radical (unpaired) electrons. The van der Waals surface area contributed by atoms with E-state index in [1.54, 1.807) is 0 Å². The summed E-state index contributed by atoms with van der Waals surface area (Å²) in [6.07, 6.45) is 12.6. The molecule has 0 aromatic heterocycles. The monoisotopic (exact) mass is 280 g/mol. The lowest BCUT2D eigenvalue weighted by Gasteiger charge is -2.30. The van der Waals surface area contributed by atoms with E-state index in [1.807, 2.05) is 0 Å². The lowest BCUT2D eigenvalue weighted by atomic mass is 9.89. The normalized spacial score (nSPS) is 28.3. The Morgan fingerprint density at radius 2 is 1.85 bits per heavy atom. The van der Waals surface area contributed by atoms with Gasteiger partial charge in [-0.3, -0.25) is 10.1 Å². The van der Waals surface area contributed by atoms with Crippen molar-refractivity contribution in [1.29, 1.82) is 0 Å². The minimum Gasteiger partial charge on any atom is -0.326 e. The predicted octanol–water partition coefficient (Wildman–Crippen LogP) is 3.68. The molecular weight excluding hydrogens is 248 g/mol. The Morgan fingerprint density at radius 1 is 1.10 bits per heavy atom. The van der Waals surface area contributed by atoms with Gasteiger partial charge in [0.05, 0.1) is 12.2 Å². The molecule has 0 bridgehead atoms. The summed E-state index contributed by atoms with van der Waals surface area (Å²) in [5, 5.41) is 3.59. The highest BCUT2D eigenvalue weighted by molar-refractivity contribution is 5.84. The van der Waals surface area contributed by atoms with Crippen LogP contribution in [-0.2, 0) is 4.79 Å². The quantitative estimate of drug-likeness (QED) is 0.771. The number of unbranched alkanes of at least 4 members (excludes halogenated alkanes) is 1. The summed E-state index contributed by atoms with van der Waals surface area (Å²) in [5.74, 6) is 1.13. The first kappa shape index (κ1) is 15.8. The zero-order valence-electron chi connectivity index (χ0n) is 13.4. The van der Waals surface area contributed by atoms with E-state index in [1.165, 1.54) is 38.5 Å². The number of rotatable bonds is 7. The minimum absolute atomic E-state index is 0.0927. The number of hydrogen-bond donors (Lipinski definition) is 1. The largest absolute Gasteiger partial charge is 0.326 e. The standard InChI is InChI=1S/C17H32N2O/c1-3-5-12-15-17(20)19(16(18-15)9-4-2)13-14-10-7-6-8-11-14/h14-16,18H,3-13H2,1-2H3. The van der Waals surface area contributed by atoms with Gasteiger partial charge < -0.3 is 4.90 Å². The molecule has 2 aliphatic rings. The van der Waals surface area contributed by atoms with E-state index in [9.17, 15) is 4.79 Å². The molecule has 3 nitrogen and oxygen atoms in total. The molecule has 1 saturated carbocycles. The Labute approximate surface area is 124 Å². The molecule has 0 aromatic rings. The van der Waals surface area contributed by atoms with E-state index in [0.29, 0.717) is 12.1 Å². The molecular formula is C17H32N2O. The van der Waals surface area contributed by atoms with Gasteiger partial charge in [-0.25, -0.2) is 0 Å². The Morgan fingerprint density at radius 3 is 2.50 bits per heavy atom. The molecule has 2 unspecified atom stereocenters. The molecule has 3 heteroatoms. The molecule has 116 valence electrons. The van der Waals surface area contributed by atoms with Crippen LogP contribution in [0.1, 0.15) is 78.1 Å². The predicted molar refractivity (Wildman–Crippen MR) is 83.4 cm³/mol. The van der Waals surface area contributed by atoms with Gasteiger partial charge >= 0.3 is 0 Å². The molecule has 1 heterocycles. The third-order valence-corrected chi connectivity index (χ3v) is 4.94. The fourth-order valence-electron chi connectivity index (χ4n) is 3.74. The first-order valence-corrected chi connectivity index (χ1v) is 8.82. The van der Waals surface area contributed by atoms with Crippen LogP contribution in [0.2, 0.25) is 0 Å². The van der Waals surface area contributed by atoms with Crippen molar-refractivity contribution < 1.29 is 4.79 Å². The van der Waals surface area contributed by atoms with Crippen LogP contribution < -0.4 is 5.32 Å². The average Bonchev–Trinajstić information content (AvgIpc) is 2.75. The Bertz CT molecular complexity index is 299. The third kappa shape index (κ3) is 3.97. The van der Waals surface area contributed by atoms with E-state index in [2.05, 4.69) is 24.1 Å². The van der Waals surface area contributed by atoms with E-state index in [0.717, 1.165) is 38.1 Å². The zero-order valence-corrected chi connectivity index (χ0v) is 13.4. The van der Waals surface area contributed by atoms with Crippen LogP contribution in [0.25, 0.3) is 0 Å². The summed E-state index contributed by atoms with van der Waals surface area (Å²) in [5.41, 5.74) is 0. The van der Waals surface area contributed by atoms with Crippen molar-refractivity contribution in [1.82, 2.24) is 10.2 Å². The van der Waals surface area contributed by atoms with Crippen LogP contribution >= 0.6 is 0 Å². The maximum atomic E-state index is 12.6. The van der Waals surface area contributed by atoms with Gasteiger partial charge in [0.1, 0.15) is 0 Å². The lowest BCUT2D eigenvalue weighted by Crippen LogP contribution is -2.40. The van der Waals surface area contributed by atoms with Gasteiger partial charge in [0, 0.05) is 6.54 Å². The summed E-state index contributed by atoms with van der Waals surface area (Å²) < 4.78 is 0. The Hall–Kier alpha value is -0.570. The first-order valence-electron chi connectivity index (χ1n) is 8.82. The van der Waals surface area contributed by atoms with Crippen molar-refractivity contribution in [3.63, 3.8) is 0 Å². The number of nitrogens with one attached hydrogen (secondary N) is 1. The van der Waals surface area contributed by atoms with Gasteiger partial charge in [-0.2, -0.15) is 0 Å². The maximum Gasteiger partial charge on any atom is 0.241 e. The summed E-state index contributed by atoms with van der Waals surface area (Å²) in [6, 6.07) is 0.0927. The van der Waals surface area contributed by atoms with E-state index < -0.39 is 0 Å². The van der Waals surface area contributed by atoms with Crippen LogP contribution in [0, 0.1) is 5.92 Å². The second-order valence-electron chi connectivity index (χ2n) is 6.66. The summed E-state index contributed by atoms with van der Waals surface area (Å²) in [7, 11) is 0. The second kappa shape index (κ2) is 8.02. The molecule has 0 spiro atoms. The van der Waals surface area contributed by atoms with Crippen molar-refractivity contribution in [2.45, 2.75) is 90.3 Å². The molecule has 1 aliphatic heterocycles. The SMILES string of the molecule is CCCCC1NC(CCC)N(CC2CCCCC2)C1=O. The van der Waals surface area contributed by atoms with Gasteiger partial charge in [0.2, 0.25) is 5.91 Å². The van der Waals surface area contributed by atoms with Crippen molar-refractivity contribution >= 4 is 5.91 Å². The van der Waals surface area contributed by atoms with Gasteiger partial charge in [-0.15, -0.1) is 0 Å². The van der Waals surface area contributed by atoms with Gasteiger partial charge in [0.25, 0.3) is 0 Å². The van der Waals surface area contributed by atoms with E-state index >= 15 is 0 Å². The minimum atomic E-state index is 0.0927. The maximum absolute atomic E-state index is 12.6. The molecule has 2 rings (SSSR count). The van der Waals surface area contributed by atoms with Crippen LogP contribution in [0.4, 0.5) is 0 Å². The number of nitrogens with zero attached hydrogens (tertiary/aromatic N) is 1.